The number of benzene rings is 1. The maximum Gasteiger partial charge on any atom is 0.274 e. The number of amides is 1. The van der Waals surface area contributed by atoms with Gasteiger partial charge in [0.25, 0.3) is 5.91 Å². The van der Waals surface area contributed by atoms with E-state index in [1.807, 2.05) is 45.3 Å². The van der Waals surface area contributed by atoms with Crippen LogP contribution in [0.1, 0.15) is 16.1 Å². The minimum absolute atomic E-state index is 0.219. The van der Waals surface area contributed by atoms with Crippen LogP contribution in [0, 0.1) is 6.92 Å². The van der Waals surface area contributed by atoms with E-state index in [1.165, 1.54) is 0 Å². The number of nitrogens with one attached hydrogen (secondary N) is 2. The van der Waals surface area contributed by atoms with Gasteiger partial charge in [0.05, 0.1) is 0 Å². The predicted octanol–water partition coefficient (Wildman–Crippen LogP) is 3.38. The molecule has 23 heavy (non-hydrogen) atoms. The average Bonchev–Trinajstić information content (AvgIpc) is 2.51. The smallest absolute Gasteiger partial charge is 0.274 e. The number of carbonyl (C=O) groups excluding carboxylic acids is 1. The maximum atomic E-state index is 12.3. The summed E-state index contributed by atoms with van der Waals surface area (Å²) in [7, 11) is 4.04. The van der Waals surface area contributed by atoms with Gasteiger partial charge in [-0.15, -0.1) is 0 Å². The summed E-state index contributed by atoms with van der Waals surface area (Å²) in [5.41, 5.74) is 3.10. The molecular weight excluding hydrogens is 356 g/mol. The number of pyridine rings is 1. The van der Waals surface area contributed by atoms with E-state index in [9.17, 15) is 4.79 Å². The Bertz CT molecular complexity index is 688. The number of rotatable bonds is 6. The molecule has 5 nitrogen and oxygen atoms in total. The van der Waals surface area contributed by atoms with Crippen molar-refractivity contribution in [3.05, 3.63) is 52.3 Å². The van der Waals surface area contributed by atoms with Gasteiger partial charge in [0.15, 0.2) is 0 Å². The zero-order valence-corrected chi connectivity index (χ0v) is 15.1. The first-order chi connectivity index (χ1) is 11.0. The van der Waals surface area contributed by atoms with Crippen LogP contribution in [0.25, 0.3) is 0 Å². The minimum atomic E-state index is -0.219. The molecule has 2 N–H and O–H groups in total. The Morgan fingerprint density at radius 2 is 2.00 bits per heavy atom. The topological polar surface area (TPSA) is 57.3 Å². The van der Waals surface area contributed by atoms with Crippen molar-refractivity contribution in [1.82, 2.24) is 9.88 Å². The summed E-state index contributed by atoms with van der Waals surface area (Å²) in [6.45, 7) is 3.71. The molecule has 0 spiro atoms. The monoisotopic (exact) mass is 376 g/mol. The number of aryl methyl sites for hydroxylation is 1. The van der Waals surface area contributed by atoms with Crippen molar-refractivity contribution in [2.75, 3.05) is 37.8 Å². The molecule has 0 aliphatic carbocycles. The van der Waals surface area contributed by atoms with Gasteiger partial charge in [-0.05, 0) is 56.9 Å². The second-order valence-corrected chi connectivity index (χ2v) is 6.43. The molecule has 0 unspecified atom stereocenters. The van der Waals surface area contributed by atoms with Crippen LogP contribution >= 0.6 is 15.9 Å². The number of hydrogen-bond acceptors (Lipinski definition) is 4. The zero-order valence-electron chi connectivity index (χ0n) is 13.6. The van der Waals surface area contributed by atoms with Gasteiger partial charge in [-0.25, -0.2) is 0 Å². The fraction of sp³-hybridized carbons (Fsp3) is 0.294. The summed E-state index contributed by atoms with van der Waals surface area (Å²) in [6.07, 6.45) is 1.64. The molecule has 0 atom stereocenters. The van der Waals surface area contributed by atoms with Crippen molar-refractivity contribution >= 4 is 33.2 Å². The van der Waals surface area contributed by atoms with Gasteiger partial charge in [-0.3, -0.25) is 9.78 Å². The standard InChI is InChI=1S/C17H21BrN4O/c1-12-10-14(4-5-15(12)18)21-17(23)16-11-13(6-7-20-16)19-8-9-22(2)3/h4-7,10-11H,8-9H2,1-3H3,(H,19,20)(H,21,23). The van der Waals surface area contributed by atoms with Gasteiger partial charge in [0, 0.05) is 35.1 Å². The van der Waals surface area contributed by atoms with Gasteiger partial charge < -0.3 is 15.5 Å². The predicted molar refractivity (Wildman–Crippen MR) is 98.1 cm³/mol. The molecule has 1 aromatic heterocycles. The molecule has 0 fully saturated rings. The highest BCUT2D eigenvalue weighted by Crippen LogP contribution is 2.20. The Hall–Kier alpha value is -1.92. The molecule has 0 saturated carbocycles. The number of halogens is 1. The molecule has 0 aliphatic rings. The Morgan fingerprint density at radius 3 is 2.70 bits per heavy atom. The third-order valence-electron chi connectivity index (χ3n) is 3.30. The highest BCUT2D eigenvalue weighted by molar-refractivity contribution is 9.10. The summed E-state index contributed by atoms with van der Waals surface area (Å²) >= 11 is 3.45. The second kappa shape index (κ2) is 8.08. The van der Waals surface area contributed by atoms with Crippen LogP contribution in [-0.4, -0.2) is 43.0 Å². The van der Waals surface area contributed by atoms with Gasteiger partial charge in [0.1, 0.15) is 5.69 Å². The molecule has 122 valence electrons. The van der Waals surface area contributed by atoms with Crippen LogP contribution < -0.4 is 10.6 Å². The summed E-state index contributed by atoms with van der Waals surface area (Å²) in [5.74, 6) is -0.219. The van der Waals surface area contributed by atoms with Crippen molar-refractivity contribution in [1.29, 1.82) is 0 Å². The number of likely N-dealkylation sites (N-methyl/N-ethyl adjacent to an activating group) is 1. The fourth-order valence-corrected chi connectivity index (χ4v) is 2.25. The molecule has 1 amide bonds. The van der Waals surface area contributed by atoms with E-state index in [0.29, 0.717) is 5.69 Å². The van der Waals surface area contributed by atoms with Crippen molar-refractivity contribution < 1.29 is 4.79 Å². The van der Waals surface area contributed by atoms with Crippen molar-refractivity contribution in [3.8, 4) is 0 Å². The minimum Gasteiger partial charge on any atom is -0.384 e. The average molecular weight is 377 g/mol. The highest BCUT2D eigenvalue weighted by Gasteiger charge is 2.09. The maximum absolute atomic E-state index is 12.3. The molecule has 0 aliphatic heterocycles. The molecule has 2 aromatic rings. The number of nitrogens with zero attached hydrogens (tertiary/aromatic N) is 2. The Kier molecular flexibility index (Phi) is 6.12. The van der Waals surface area contributed by atoms with Gasteiger partial charge in [-0.2, -0.15) is 0 Å². The Morgan fingerprint density at radius 1 is 1.22 bits per heavy atom. The number of hydrogen-bond donors (Lipinski definition) is 2. The third-order valence-corrected chi connectivity index (χ3v) is 4.19. The van der Waals surface area contributed by atoms with Crippen LogP contribution in [0.2, 0.25) is 0 Å². The normalized spacial score (nSPS) is 10.7. The summed E-state index contributed by atoms with van der Waals surface area (Å²) < 4.78 is 1.01. The van der Waals surface area contributed by atoms with E-state index in [2.05, 4.69) is 36.4 Å². The van der Waals surface area contributed by atoms with E-state index >= 15 is 0 Å². The molecule has 1 aromatic carbocycles. The lowest BCUT2D eigenvalue weighted by molar-refractivity contribution is 0.102. The third kappa shape index (κ3) is 5.33. The summed E-state index contributed by atoms with van der Waals surface area (Å²) in [6, 6.07) is 9.31. The van der Waals surface area contributed by atoms with E-state index < -0.39 is 0 Å². The largest absolute Gasteiger partial charge is 0.384 e. The quantitative estimate of drug-likeness (QED) is 0.811. The van der Waals surface area contributed by atoms with Crippen molar-refractivity contribution in [2.24, 2.45) is 0 Å². The Balaban J connectivity index is 2.02. The number of anilines is 2. The highest BCUT2D eigenvalue weighted by atomic mass is 79.9. The SMILES string of the molecule is Cc1cc(NC(=O)c2cc(NCCN(C)C)ccn2)ccc1Br. The van der Waals surface area contributed by atoms with Crippen LogP contribution in [0.5, 0.6) is 0 Å². The van der Waals surface area contributed by atoms with E-state index in [-0.39, 0.29) is 5.91 Å². The number of carbonyl (C=O) groups is 1. The molecule has 0 saturated heterocycles. The van der Waals surface area contributed by atoms with Crippen LogP contribution in [0.3, 0.4) is 0 Å². The van der Waals surface area contributed by atoms with Gasteiger partial charge in [-0.1, -0.05) is 15.9 Å². The van der Waals surface area contributed by atoms with Crippen LogP contribution in [0.4, 0.5) is 11.4 Å². The number of aromatic nitrogens is 1. The molecule has 0 radical (unpaired) electrons. The molecule has 1 heterocycles. The first-order valence-corrected chi connectivity index (χ1v) is 8.17. The van der Waals surface area contributed by atoms with E-state index in [4.69, 9.17) is 0 Å². The summed E-state index contributed by atoms with van der Waals surface area (Å²) in [5, 5.41) is 6.15. The molecule has 6 heteroatoms. The van der Waals surface area contributed by atoms with Crippen molar-refractivity contribution in [3.63, 3.8) is 0 Å². The van der Waals surface area contributed by atoms with E-state index in [0.717, 1.165) is 34.5 Å². The van der Waals surface area contributed by atoms with Crippen LogP contribution in [-0.2, 0) is 0 Å². The van der Waals surface area contributed by atoms with Gasteiger partial charge >= 0.3 is 0 Å². The molecular formula is C17H21BrN4O. The van der Waals surface area contributed by atoms with Crippen LogP contribution in [0.15, 0.2) is 41.0 Å². The lowest BCUT2D eigenvalue weighted by Crippen LogP contribution is -2.21. The second-order valence-electron chi connectivity index (χ2n) is 5.58. The zero-order chi connectivity index (χ0) is 16.8. The molecule has 0 bridgehead atoms. The van der Waals surface area contributed by atoms with E-state index in [1.54, 1.807) is 12.3 Å². The van der Waals surface area contributed by atoms with Crippen molar-refractivity contribution in [2.45, 2.75) is 6.92 Å². The lowest BCUT2D eigenvalue weighted by Gasteiger charge is -2.12. The first kappa shape index (κ1) is 17.4. The fourth-order valence-electron chi connectivity index (χ4n) is 2.01. The first-order valence-electron chi connectivity index (χ1n) is 7.38. The Labute approximate surface area is 145 Å². The molecule has 2 rings (SSSR count). The lowest BCUT2D eigenvalue weighted by atomic mass is 10.2. The summed E-state index contributed by atoms with van der Waals surface area (Å²) in [4.78, 5) is 18.6. The van der Waals surface area contributed by atoms with Gasteiger partial charge in [0.2, 0.25) is 0 Å².